The molecule has 0 spiro atoms. The first-order chi connectivity index (χ1) is 8.96. The van der Waals surface area contributed by atoms with Crippen LogP contribution in [0.15, 0.2) is 22.7 Å². The molecule has 19 heavy (non-hydrogen) atoms. The van der Waals surface area contributed by atoms with Gasteiger partial charge in [0.05, 0.1) is 10.2 Å². The lowest BCUT2D eigenvalue weighted by Crippen LogP contribution is -2.23. The number of hydrogen-bond acceptors (Lipinski definition) is 3. The minimum absolute atomic E-state index is 0.0573. The van der Waals surface area contributed by atoms with Crippen molar-refractivity contribution in [1.82, 2.24) is 5.32 Å². The molecule has 2 N–H and O–H groups in total. The van der Waals surface area contributed by atoms with Gasteiger partial charge in [-0.3, -0.25) is 4.72 Å². The van der Waals surface area contributed by atoms with Crippen LogP contribution in [0.1, 0.15) is 19.3 Å². The Labute approximate surface area is 121 Å². The predicted octanol–water partition coefficient (Wildman–Crippen LogP) is 2.47. The summed E-state index contributed by atoms with van der Waals surface area (Å²) in [5, 5.41) is 3.26. The zero-order valence-electron chi connectivity index (χ0n) is 10.3. The molecule has 1 aliphatic rings. The highest BCUT2D eigenvalue weighted by molar-refractivity contribution is 9.10. The van der Waals surface area contributed by atoms with Crippen LogP contribution in [0.3, 0.4) is 0 Å². The van der Waals surface area contributed by atoms with Crippen LogP contribution < -0.4 is 10.0 Å². The first-order valence-corrected chi connectivity index (χ1v) is 8.60. The summed E-state index contributed by atoms with van der Waals surface area (Å²) in [4.78, 5) is 0. The van der Waals surface area contributed by atoms with Gasteiger partial charge >= 0.3 is 0 Å². The van der Waals surface area contributed by atoms with Crippen molar-refractivity contribution in [3.63, 3.8) is 0 Å². The molecule has 1 fully saturated rings. The average molecular weight is 351 g/mol. The molecule has 0 aliphatic heterocycles. The van der Waals surface area contributed by atoms with E-state index >= 15 is 0 Å². The van der Waals surface area contributed by atoms with Gasteiger partial charge in [-0.2, -0.15) is 0 Å². The number of nitrogens with one attached hydrogen (secondary N) is 2. The highest BCUT2D eigenvalue weighted by Crippen LogP contribution is 2.21. The molecule has 106 valence electrons. The Bertz CT molecular complexity index is 547. The molecule has 0 atom stereocenters. The fourth-order valence-electron chi connectivity index (χ4n) is 1.65. The monoisotopic (exact) mass is 350 g/mol. The minimum Gasteiger partial charge on any atom is -0.314 e. The van der Waals surface area contributed by atoms with Gasteiger partial charge in [0.25, 0.3) is 0 Å². The molecule has 1 saturated carbocycles. The number of hydrogen-bond donors (Lipinski definition) is 2. The summed E-state index contributed by atoms with van der Waals surface area (Å²) in [6, 6.07) is 4.62. The van der Waals surface area contributed by atoms with Crippen LogP contribution in [-0.4, -0.2) is 26.8 Å². The van der Waals surface area contributed by atoms with Crippen molar-refractivity contribution in [2.75, 3.05) is 17.0 Å². The van der Waals surface area contributed by atoms with E-state index in [1.807, 2.05) is 0 Å². The maximum absolute atomic E-state index is 13.0. The minimum atomic E-state index is -3.38. The van der Waals surface area contributed by atoms with E-state index in [1.165, 1.54) is 31.0 Å². The van der Waals surface area contributed by atoms with Gasteiger partial charge in [-0.1, -0.05) is 0 Å². The predicted molar refractivity (Wildman–Crippen MR) is 77.2 cm³/mol. The summed E-state index contributed by atoms with van der Waals surface area (Å²) in [5.74, 6) is -0.363. The summed E-state index contributed by atoms with van der Waals surface area (Å²) in [6.45, 7) is 0.707. The van der Waals surface area contributed by atoms with Gasteiger partial charge in [-0.25, -0.2) is 12.8 Å². The molecule has 2 rings (SSSR count). The van der Waals surface area contributed by atoms with Crippen molar-refractivity contribution < 1.29 is 12.8 Å². The number of halogens is 2. The fraction of sp³-hybridized carbons (Fsp3) is 0.500. The Morgan fingerprint density at radius 2 is 2.11 bits per heavy atom. The second kappa shape index (κ2) is 6.19. The topological polar surface area (TPSA) is 58.2 Å². The van der Waals surface area contributed by atoms with Gasteiger partial charge < -0.3 is 5.32 Å². The van der Waals surface area contributed by atoms with E-state index in [1.54, 1.807) is 0 Å². The third-order valence-corrected chi connectivity index (χ3v) is 4.77. The number of anilines is 1. The van der Waals surface area contributed by atoms with E-state index in [-0.39, 0.29) is 10.2 Å². The summed E-state index contributed by atoms with van der Waals surface area (Å²) in [5.41, 5.74) is 0.364. The highest BCUT2D eigenvalue weighted by atomic mass is 79.9. The Morgan fingerprint density at radius 3 is 2.74 bits per heavy atom. The molecule has 7 heteroatoms. The molecule has 1 aliphatic carbocycles. The van der Waals surface area contributed by atoms with Gasteiger partial charge in [0, 0.05) is 11.7 Å². The first kappa shape index (κ1) is 14.7. The number of rotatable bonds is 7. The van der Waals surface area contributed by atoms with Crippen LogP contribution >= 0.6 is 15.9 Å². The summed E-state index contributed by atoms with van der Waals surface area (Å²) < 4.78 is 39.3. The van der Waals surface area contributed by atoms with E-state index in [9.17, 15) is 12.8 Å². The number of sulfonamides is 1. The van der Waals surface area contributed by atoms with Crippen LogP contribution in [0.5, 0.6) is 0 Å². The highest BCUT2D eigenvalue weighted by Gasteiger charge is 2.20. The maximum Gasteiger partial charge on any atom is 0.232 e. The molecule has 0 unspecified atom stereocenters. The lowest BCUT2D eigenvalue weighted by atomic mass is 10.3. The lowest BCUT2D eigenvalue weighted by Gasteiger charge is -2.09. The zero-order valence-corrected chi connectivity index (χ0v) is 12.7. The van der Waals surface area contributed by atoms with Crippen LogP contribution in [0.4, 0.5) is 10.1 Å². The van der Waals surface area contributed by atoms with Crippen LogP contribution in [0.25, 0.3) is 0 Å². The average Bonchev–Trinajstić information content (AvgIpc) is 3.13. The van der Waals surface area contributed by atoms with Gasteiger partial charge in [0.2, 0.25) is 10.0 Å². The van der Waals surface area contributed by atoms with Gasteiger partial charge in [0.1, 0.15) is 5.82 Å². The van der Waals surface area contributed by atoms with Crippen molar-refractivity contribution in [1.29, 1.82) is 0 Å². The molecule has 0 radical (unpaired) electrons. The van der Waals surface area contributed by atoms with E-state index in [0.29, 0.717) is 24.7 Å². The molecule has 1 aromatic carbocycles. The van der Waals surface area contributed by atoms with Crippen molar-refractivity contribution in [3.8, 4) is 0 Å². The molecule has 4 nitrogen and oxygen atoms in total. The third-order valence-electron chi connectivity index (χ3n) is 2.79. The van der Waals surface area contributed by atoms with Gasteiger partial charge in [-0.15, -0.1) is 0 Å². The maximum atomic E-state index is 13.0. The van der Waals surface area contributed by atoms with Crippen molar-refractivity contribution in [3.05, 3.63) is 28.5 Å². The van der Waals surface area contributed by atoms with Gasteiger partial charge in [-0.05, 0) is 59.9 Å². The summed E-state index contributed by atoms with van der Waals surface area (Å²) >= 11 is 3.02. The molecule has 0 saturated heterocycles. The van der Waals surface area contributed by atoms with Crippen molar-refractivity contribution in [2.24, 2.45) is 0 Å². The van der Waals surface area contributed by atoms with E-state index in [2.05, 4.69) is 26.0 Å². The van der Waals surface area contributed by atoms with Gasteiger partial charge in [0.15, 0.2) is 0 Å². The smallest absolute Gasteiger partial charge is 0.232 e. The van der Waals surface area contributed by atoms with E-state index in [4.69, 9.17) is 0 Å². The normalized spacial score (nSPS) is 15.5. The molecule has 0 amide bonds. The van der Waals surface area contributed by atoms with E-state index < -0.39 is 15.8 Å². The summed E-state index contributed by atoms with van der Waals surface area (Å²) in [6.07, 6.45) is 2.94. The zero-order chi connectivity index (χ0) is 13.9. The van der Waals surface area contributed by atoms with Crippen LogP contribution in [0.2, 0.25) is 0 Å². The summed E-state index contributed by atoms with van der Waals surface area (Å²) in [7, 11) is -3.38. The molecule has 0 aromatic heterocycles. The molecule has 0 heterocycles. The Kier molecular flexibility index (Phi) is 4.81. The SMILES string of the molecule is O=S(=O)(CCCNC1CC1)Nc1ccc(F)c(Br)c1. The van der Waals surface area contributed by atoms with Crippen molar-refractivity contribution in [2.45, 2.75) is 25.3 Å². The quantitative estimate of drug-likeness (QED) is 0.742. The molecule has 1 aromatic rings. The molecule has 0 bridgehead atoms. The van der Waals surface area contributed by atoms with E-state index in [0.717, 1.165) is 0 Å². The first-order valence-electron chi connectivity index (χ1n) is 6.15. The Balaban J connectivity index is 1.82. The largest absolute Gasteiger partial charge is 0.314 e. The second-order valence-corrected chi connectivity index (χ2v) is 7.33. The fourth-order valence-corrected chi connectivity index (χ4v) is 3.14. The van der Waals surface area contributed by atoms with Crippen molar-refractivity contribution >= 4 is 31.6 Å². The van der Waals surface area contributed by atoms with Crippen LogP contribution in [-0.2, 0) is 10.0 Å². The molecular weight excluding hydrogens is 335 g/mol. The second-order valence-electron chi connectivity index (χ2n) is 4.63. The Hall–Kier alpha value is -0.660. The lowest BCUT2D eigenvalue weighted by molar-refractivity contribution is 0.593. The third kappa shape index (κ3) is 5.08. The standard InChI is InChI=1S/C12H16BrFN2O2S/c13-11-8-10(4-5-12(11)14)16-19(17,18)7-1-6-15-9-2-3-9/h4-5,8-9,15-16H,1-3,6-7H2. The Morgan fingerprint density at radius 1 is 1.37 bits per heavy atom. The number of benzene rings is 1. The molecular formula is C12H16BrFN2O2S. The van der Waals surface area contributed by atoms with Crippen LogP contribution in [0, 0.1) is 5.82 Å².